The number of carbonyl (C=O) groups is 1. The van der Waals surface area contributed by atoms with Gasteiger partial charge in [0.25, 0.3) is 0 Å². The summed E-state index contributed by atoms with van der Waals surface area (Å²) in [5, 5.41) is 0.478. The van der Waals surface area contributed by atoms with Crippen molar-refractivity contribution in [2.75, 3.05) is 6.61 Å². The molecule has 0 bridgehead atoms. The van der Waals surface area contributed by atoms with Crippen LogP contribution in [0.4, 0.5) is 0 Å². The summed E-state index contributed by atoms with van der Waals surface area (Å²) in [6.45, 7) is 7.59. The monoisotopic (exact) mass is 268 g/mol. The van der Waals surface area contributed by atoms with Gasteiger partial charge >= 0.3 is 5.97 Å². The maximum absolute atomic E-state index is 11.5. The molecule has 0 aliphatic heterocycles. The fraction of sp³-hybridized carbons (Fsp3) is 0.357. The number of rotatable bonds is 6. The molecule has 0 unspecified atom stereocenters. The van der Waals surface area contributed by atoms with Gasteiger partial charge in [0.2, 0.25) is 0 Å². The fourth-order valence-corrected chi connectivity index (χ4v) is 1.65. The molecule has 3 nitrogen and oxygen atoms in total. The van der Waals surface area contributed by atoms with Crippen LogP contribution in [-0.4, -0.2) is 18.7 Å². The summed E-state index contributed by atoms with van der Waals surface area (Å²) in [5.74, 6) is 0.318. The average molecular weight is 269 g/mol. The summed E-state index contributed by atoms with van der Waals surface area (Å²) in [6, 6.07) is 5.25. The van der Waals surface area contributed by atoms with Gasteiger partial charge in [0.05, 0.1) is 17.5 Å². The van der Waals surface area contributed by atoms with Gasteiger partial charge in [0.1, 0.15) is 12.4 Å². The predicted octanol–water partition coefficient (Wildman–Crippen LogP) is 3.40. The second-order valence-corrected chi connectivity index (χ2v) is 4.49. The van der Waals surface area contributed by atoms with Crippen LogP contribution in [0.2, 0.25) is 5.02 Å². The number of hydrogen-bond acceptors (Lipinski definition) is 3. The molecule has 0 atom stereocenters. The van der Waals surface area contributed by atoms with Crippen LogP contribution in [0.25, 0.3) is 0 Å². The molecular formula is C14H17ClO3. The smallest absolute Gasteiger partial charge is 0.310 e. The Kier molecular flexibility index (Phi) is 5.72. The van der Waals surface area contributed by atoms with Gasteiger partial charge in [-0.15, -0.1) is 0 Å². The standard InChI is InChI=1S/C14H17ClO3/c1-4-7-17-13-6-5-11(8-12(13)15)9-14(16)18-10(2)3/h4-6,8,10H,1,7,9H2,2-3H3. The molecule has 4 heteroatoms. The van der Waals surface area contributed by atoms with E-state index < -0.39 is 0 Å². The number of hydrogen-bond donors (Lipinski definition) is 0. The van der Waals surface area contributed by atoms with Gasteiger partial charge in [-0.25, -0.2) is 0 Å². The summed E-state index contributed by atoms with van der Waals surface area (Å²) < 4.78 is 10.4. The van der Waals surface area contributed by atoms with Gasteiger partial charge in [-0.2, -0.15) is 0 Å². The van der Waals surface area contributed by atoms with Gasteiger partial charge in [-0.3, -0.25) is 4.79 Å². The largest absolute Gasteiger partial charge is 0.488 e. The Morgan fingerprint density at radius 1 is 1.50 bits per heavy atom. The van der Waals surface area contributed by atoms with Crippen molar-refractivity contribution in [2.24, 2.45) is 0 Å². The van der Waals surface area contributed by atoms with E-state index in [1.54, 1.807) is 24.3 Å². The Morgan fingerprint density at radius 2 is 2.22 bits per heavy atom. The van der Waals surface area contributed by atoms with Gasteiger partial charge in [-0.1, -0.05) is 30.3 Å². The Labute approximate surface area is 112 Å². The molecule has 1 aromatic rings. The zero-order valence-electron chi connectivity index (χ0n) is 10.6. The van der Waals surface area contributed by atoms with Crippen molar-refractivity contribution in [1.29, 1.82) is 0 Å². The van der Waals surface area contributed by atoms with Crippen molar-refractivity contribution in [1.82, 2.24) is 0 Å². The molecule has 0 aliphatic rings. The second-order valence-electron chi connectivity index (χ2n) is 4.08. The van der Waals surface area contributed by atoms with E-state index in [2.05, 4.69) is 6.58 Å². The SMILES string of the molecule is C=CCOc1ccc(CC(=O)OC(C)C)cc1Cl. The van der Waals surface area contributed by atoms with Crippen molar-refractivity contribution < 1.29 is 14.3 Å². The summed E-state index contributed by atoms with van der Waals surface area (Å²) in [5.41, 5.74) is 0.802. The Hall–Kier alpha value is -1.48. The highest BCUT2D eigenvalue weighted by Crippen LogP contribution is 2.25. The van der Waals surface area contributed by atoms with Crippen LogP contribution in [0.15, 0.2) is 30.9 Å². The van der Waals surface area contributed by atoms with E-state index in [0.29, 0.717) is 17.4 Å². The van der Waals surface area contributed by atoms with E-state index in [4.69, 9.17) is 21.1 Å². The molecule has 0 spiro atoms. The first-order valence-electron chi connectivity index (χ1n) is 5.74. The van der Waals surface area contributed by atoms with Crippen molar-refractivity contribution in [3.05, 3.63) is 41.4 Å². The van der Waals surface area contributed by atoms with Crippen LogP contribution in [0.5, 0.6) is 5.75 Å². The highest BCUT2D eigenvalue weighted by molar-refractivity contribution is 6.32. The van der Waals surface area contributed by atoms with E-state index >= 15 is 0 Å². The summed E-state index contributed by atoms with van der Waals surface area (Å²) in [7, 11) is 0. The lowest BCUT2D eigenvalue weighted by Gasteiger charge is -2.09. The summed E-state index contributed by atoms with van der Waals surface area (Å²) in [6.07, 6.45) is 1.74. The molecule has 98 valence electrons. The van der Waals surface area contributed by atoms with Crippen LogP contribution in [0, 0.1) is 0 Å². The molecule has 1 aromatic carbocycles. The average Bonchev–Trinajstić information content (AvgIpc) is 2.26. The topological polar surface area (TPSA) is 35.5 Å². The summed E-state index contributed by atoms with van der Waals surface area (Å²) >= 11 is 6.04. The third-order valence-corrected chi connectivity index (χ3v) is 2.36. The molecule has 0 amide bonds. The third kappa shape index (κ3) is 4.80. The lowest BCUT2D eigenvalue weighted by molar-refractivity contribution is -0.146. The van der Waals surface area contributed by atoms with Crippen molar-refractivity contribution in [3.8, 4) is 5.75 Å². The first kappa shape index (κ1) is 14.6. The minimum atomic E-state index is -0.263. The highest BCUT2D eigenvalue weighted by Gasteiger charge is 2.09. The van der Waals surface area contributed by atoms with E-state index in [0.717, 1.165) is 5.56 Å². The molecule has 0 saturated heterocycles. The third-order valence-electron chi connectivity index (χ3n) is 2.07. The van der Waals surface area contributed by atoms with E-state index in [-0.39, 0.29) is 18.5 Å². The molecule has 1 rings (SSSR count). The zero-order valence-corrected chi connectivity index (χ0v) is 11.4. The molecule has 0 radical (unpaired) electrons. The van der Waals surface area contributed by atoms with Gasteiger partial charge in [0.15, 0.2) is 0 Å². The van der Waals surface area contributed by atoms with E-state index in [9.17, 15) is 4.79 Å². The Bertz CT molecular complexity index is 427. The van der Waals surface area contributed by atoms with Crippen LogP contribution >= 0.6 is 11.6 Å². The second kappa shape index (κ2) is 7.07. The molecule has 0 aliphatic carbocycles. The zero-order chi connectivity index (χ0) is 13.5. The number of ether oxygens (including phenoxy) is 2. The van der Waals surface area contributed by atoms with Crippen LogP contribution < -0.4 is 4.74 Å². The van der Waals surface area contributed by atoms with E-state index in [1.807, 2.05) is 13.8 Å². The van der Waals surface area contributed by atoms with Crippen LogP contribution in [-0.2, 0) is 16.0 Å². The molecule has 0 saturated carbocycles. The minimum absolute atomic E-state index is 0.108. The maximum Gasteiger partial charge on any atom is 0.310 e. The minimum Gasteiger partial charge on any atom is -0.488 e. The molecule has 0 heterocycles. The van der Waals surface area contributed by atoms with Crippen molar-refractivity contribution in [3.63, 3.8) is 0 Å². The Balaban J connectivity index is 2.66. The lowest BCUT2D eigenvalue weighted by atomic mass is 10.1. The molecule has 0 N–H and O–H groups in total. The highest BCUT2D eigenvalue weighted by atomic mass is 35.5. The Morgan fingerprint density at radius 3 is 2.78 bits per heavy atom. The molecular weight excluding hydrogens is 252 g/mol. The summed E-state index contributed by atoms with van der Waals surface area (Å²) in [4.78, 5) is 11.5. The maximum atomic E-state index is 11.5. The van der Waals surface area contributed by atoms with Gasteiger partial charge in [-0.05, 0) is 31.5 Å². The number of esters is 1. The van der Waals surface area contributed by atoms with Crippen LogP contribution in [0.3, 0.4) is 0 Å². The lowest BCUT2D eigenvalue weighted by Crippen LogP contribution is -2.13. The van der Waals surface area contributed by atoms with Crippen LogP contribution in [0.1, 0.15) is 19.4 Å². The number of halogens is 1. The number of benzene rings is 1. The first-order chi connectivity index (χ1) is 8.52. The predicted molar refractivity (Wildman–Crippen MR) is 72.1 cm³/mol. The van der Waals surface area contributed by atoms with E-state index in [1.165, 1.54) is 0 Å². The van der Waals surface area contributed by atoms with Crippen molar-refractivity contribution >= 4 is 17.6 Å². The van der Waals surface area contributed by atoms with Gasteiger partial charge < -0.3 is 9.47 Å². The molecule has 18 heavy (non-hydrogen) atoms. The number of carbonyl (C=O) groups excluding carboxylic acids is 1. The van der Waals surface area contributed by atoms with Gasteiger partial charge in [0, 0.05) is 0 Å². The van der Waals surface area contributed by atoms with Crippen molar-refractivity contribution in [2.45, 2.75) is 26.4 Å². The molecule has 0 aromatic heterocycles. The quantitative estimate of drug-likeness (QED) is 0.586. The molecule has 0 fully saturated rings. The first-order valence-corrected chi connectivity index (χ1v) is 6.12. The fourth-order valence-electron chi connectivity index (χ4n) is 1.39. The normalized spacial score (nSPS) is 10.2.